The standard InChI is InChI=1S/C22H29N5O/c1-15(2)27(16(3)4)13-11-24-22(28)18-14-20(21-23-10-12-26(21)5)25-19-9-7-6-8-17(18)19/h6-10,12,14-16H,11,13H2,1-5H3,(H,24,28). The Bertz CT molecular complexity index is 952. The molecule has 0 radical (unpaired) electrons. The van der Waals surface area contributed by atoms with Gasteiger partial charge in [0.15, 0.2) is 5.82 Å². The van der Waals surface area contributed by atoms with Gasteiger partial charge >= 0.3 is 0 Å². The maximum Gasteiger partial charge on any atom is 0.252 e. The third kappa shape index (κ3) is 4.22. The lowest BCUT2D eigenvalue weighted by Gasteiger charge is -2.30. The minimum atomic E-state index is -0.0819. The zero-order chi connectivity index (χ0) is 20.3. The maximum atomic E-state index is 13.0. The number of nitrogens with zero attached hydrogens (tertiary/aromatic N) is 4. The first kappa shape index (κ1) is 20.0. The minimum absolute atomic E-state index is 0.0819. The molecule has 2 aromatic heterocycles. The molecule has 28 heavy (non-hydrogen) atoms. The van der Waals surface area contributed by atoms with Crippen LogP contribution >= 0.6 is 0 Å². The fourth-order valence-corrected chi connectivity index (χ4v) is 3.60. The van der Waals surface area contributed by atoms with Crippen molar-refractivity contribution in [2.24, 2.45) is 7.05 Å². The van der Waals surface area contributed by atoms with Crippen molar-refractivity contribution in [2.45, 2.75) is 39.8 Å². The number of para-hydroxylation sites is 1. The zero-order valence-electron chi connectivity index (χ0n) is 17.3. The van der Waals surface area contributed by atoms with Gasteiger partial charge in [-0.15, -0.1) is 0 Å². The summed E-state index contributed by atoms with van der Waals surface area (Å²) in [5.41, 5.74) is 2.12. The molecule has 0 aliphatic heterocycles. The molecule has 0 aliphatic rings. The number of imidazole rings is 1. The van der Waals surface area contributed by atoms with Crippen LogP contribution in [0.3, 0.4) is 0 Å². The first-order chi connectivity index (χ1) is 13.4. The predicted molar refractivity (Wildman–Crippen MR) is 113 cm³/mol. The molecule has 0 fully saturated rings. The molecule has 0 aliphatic carbocycles. The van der Waals surface area contributed by atoms with E-state index in [1.54, 1.807) is 6.20 Å². The van der Waals surface area contributed by atoms with E-state index < -0.39 is 0 Å². The molecule has 3 rings (SSSR count). The molecule has 148 valence electrons. The molecule has 1 N–H and O–H groups in total. The number of amides is 1. The largest absolute Gasteiger partial charge is 0.351 e. The highest BCUT2D eigenvalue weighted by atomic mass is 16.1. The van der Waals surface area contributed by atoms with Crippen molar-refractivity contribution >= 4 is 16.8 Å². The minimum Gasteiger partial charge on any atom is -0.351 e. The first-order valence-corrected chi connectivity index (χ1v) is 9.80. The van der Waals surface area contributed by atoms with Crippen molar-refractivity contribution in [1.29, 1.82) is 0 Å². The Morgan fingerprint density at radius 2 is 1.89 bits per heavy atom. The fourth-order valence-electron chi connectivity index (χ4n) is 3.60. The topological polar surface area (TPSA) is 63.1 Å². The number of hydrogen-bond donors (Lipinski definition) is 1. The Hall–Kier alpha value is -2.73. The Balaban J connectivity index is 1.87. The molecule has 3 aromatic rings. The van der Waals surface area contributed by atoms with Gasteiger partial charge in [0.1, 0.15) is 5.69 Å². The summed E-state index contributed by atoms with van der Waals surface area (Å²) in [6.45, 7) is 10.1. The van der Waals surface area contributed by atoms with Gasteiger partial charge in [0, 0.05) is 50.0 Å². The summed E-state index contributed by atoms with van der Waals surface area (Å²) in [4.78, 5) is 24.5. The van der Waals surface area contributed by atoms with Crippen molar-refractivity contribution in [1.82, 2.24) is 24.8 Å². The third-order valence-corrected chi connectivity index (χ3v) is 4.99. The van der Waals surface area contributed by atoms with Crippen LogP contribution in [0.5, 0.6) is 0 Å². The molecular formula is C22H29N5O. The van der Waals surface area contributed by atoms with Gasteiger partial charge in [0.2, 0.25) is 0 Å². The number of benzene rings is 1. The highest BCUT2D eigenvalue weighted by Gasteiger charge is 2.17. The second kappa shape index (κ2) is 8.52. The molecule has 0 bridgehead atoms. The van der Waals surface area contributed by atoms with Gasteiger partial charge < -0.3 is 9.88 Å². The van der Waals surface area contributed by atoms with E-state index >= 15 is 0 Å². The number of fused-ring (bicyclic) bond motifs is 1. The quantitative estimate of drug-likeness (QED) is 0.683. The van der Waals surface area contributed by atoms with Gasteiger partial charge in [-0.05, 0) is 39.8 Å². The normalized spacial score (nSPS) is 11.7. The second-order valence-corrected chi connectivity index (χ2v) is 7.62. The Labute approximate surface area is 166 Å². The van der Waals surface area contributed by atoms with E-state index in [4.69, 9.17) is 4.98 Å². The van der Waals surface area contributed by atoms with E-state index in [0.717, 1.165) is 23.3 Å². The molecule has 0 saturated heterocycles. The predicted octanol–water partition coefficient (Wildman–Crippen LogP) is 3.48. The van der Waals surface area contributed by atoms with Crippen LogP contribution in [-0.2, 0) is 7.05 Å². The van der Waals surface area contributed by atoms with Crippen molar-refractivity contribution in [2.75, 3.05) is 13.1 Å². The van der Waals surface area contributed by atoms with Crippen LogP contribution in [-0.4, -0.2) is 50.5 Å². The molecule has 0 spiro atoms. The number of hydrogen-bond acceptors (Lipinski definition) is 4. The van der Waals surface area contributed by atoms with Crippen molar-refractivity contribution < 1.29 is 4.79 Å². The molecule has 0 unspecified atom stereocenters. The summed E-state index contributed by atoms with van der Waals surface area (Å²) >= 11 is 0. The number of aryl methyl sites for hydroxylation is 1. The highest BCUT2D eigenvalue weighted by molar-refractivity contribution is 6.07. The van der Waals surface area contributed by atoms with Crippen LogP contribution < -0.4 is 5.32 Å². The van der Waals surface area contributed by atoms with Gasteiger partial charge in [-0.3, -0.25) is 9.69 Å². The Morgan fingerprint density at radius 1 is 1.18 bits per heavy atom. The zero-order valence-corrected chi connectivity index (χ0v) is 17.3. The van der Waals surface area contributed by atoms with Gasteiger partial charge in [-0.2, -0.15) is 0 Å². The summed E-state index contributed by atoms with van der Waals surface area (Å²) in [5, 5.41) is 3.93. The average molecular weight is 380 g/mol. The van der Waals surface area contributed by atoms with Gasteiger partial charge in [-0.1, -0.05) is 18.2 Å². The lowest BCUT2D eigenvalue weighted by Crippen LogP contribution is -2.42. The average Bonchev–Trinajstić information content (AvgIpc) is 3.09. The van der Waals surface area contributed by atoms with Crippen LogP contribution in [0.25, 0.3) is 22.4 Å². The van der Waals surface area contributed by atoms with E-state index in [1.807, 2.05) is 48.1 Å². The van der Waals surface area contributed by atoms with E-state index in [-0.39, 0.29) is 5.91 Å². The van der Waals surface area contributed by atoms with E-state index in [9.17, 15) is 4.79 Å². The van der Waals surface area contributed by atoms with Crippen LogP contribution in [0.2, 0.25) is 0 Å². The number of carbonyl (C=O) groups is 1. The summed E-state index contributed by atoms with van der Waals surface area (Å²) in [6, 6.07) is 10.4. The molecule has 2 heterocycles. The SMILES string of the molecule is CC(C)N(CCNC(=O)c1cc(-c2nccn2C)nc2ccccc12)C(C)C. The van der Waals surface area contributed by atoms with E-state index in [0.29, 0.717) is 29.9 Å². The monoisotopic (exact) mass is 379 g/mol. The molecule has 1 aromatic carbocycles. The molecule has 6 heteroatoms. The summed E-state index contributed by atoms with van der Waals surface area (Å²) in [7, 11) is 1.92. The van der Waals surface area contributed by atoms with E-state index in [2.05, 4.69) is 42.9 Å². The number of rotatable bonds is 7. The molecule has 6 nitrogen and oxygen atoms in total. The number of carbonyl (C=O) groups excluding carboxylic acids is 1. The number of aromatic nitrogens is 3. The van der Waals surface area contributed by atoms with Crippen LogP contribution in [0, 0.1) is 0 Å². The fraction of sp³-hybridized carbons (Fsp3) is 0.409. The molecule has 1 amide bonds. The molecular weight excluding hydrogens is 350 g/mol. The van der Waals surface area contributed by atoms with Gasteiger partial charge in [-0.25, -0.2) is 9.97 Å². The first-order valence-electron chi connectivity index (χ1n) is 9.80. The van der Waals surface area contributed by atoms with Crippen LogP contribution in [0.4, 0.5) is 0 Å². The van der Waals surface area contributed by atoms with Crippen molar-refractivity contribution in [3.8, 4) is 11.5 Å². The molecule has 0 saturated carbocycles. The summed E-state index contributed by atoms with van der Waals surface area (Å²) < 4.78 is 1.90. The van der Waals surface area contributed by atoms with Gasteiger partial charge in [0.25, 0.3) is 5.91 Å². The molecule has 0 atom stereocenters. The smallest absolute Gasteiger partial charge is 0.252 e. The lowest BCUT2D eigenvalue weighted by atomic mass is 10.1. The Morgan fingerprint density at radius 3 is 2.54 bits per heavy atom. The highest BCUT2D eigenvalue weighted by Crippen LogP contribution is 2.23. The van der Waals surface area contributed by atoms with Crippen LogP contribution in [0.15, 0.2) is 42.7 Å². The van der Waals surface area contributed by atoms with Crippen molar-refractivity contribution in [3.63, 3.8) is 0 Å². The maximum absolute atomic E-state index is 13.0. The van der Waals surface area contributed by atoms with E-state index in [1.165, 1.54) is 0 Å². The summed E-state index contributed by atoms with van der Waals surface area (Å²) in [6.07, 6.45) is 3.61. The summed E-state index contributed by atoms with van der Waals surface area (Å²) in [5.74, 6) is 0.659. The Kier molecular flexibility index (Phi) is 6.09. The van der Waals surface area contributed by atoms with Gasteiger partial charge in [0.05, 0.1) is 11.1 Å². The second-order valence-electron chi connectivity index (χ2n) is 7.62. The lowest BCUT2D eigenvalue weighted by molar-refractivity contribution is 0.0941. The van der Waals surface area contributed by atoms with Crippen LogP contribution in [0.1, 0.15) is 38.1 Å². The third-order valence-electron chi connectivity index (χ3n) is 4.99. The van der Waals surface area contributed by atoms with Crippen molar-refractivity contribution in [3.05, 3.63) is 48.3 Å². The number of nitrogens with one attached hydrogen (secondary N) is 1. The number of pyridine rings is 1.